The van der Waals surface area contributed by atoms with Gasteiger partial charge in [-0.25, -0.2) is 0 Å². The molecule has 1 aliphatic rings. The molecular weight excluding hydrogens is 212 g/mol. The average Bonchev–Trinajstić information content (AvgIpc) is 2.35. The van der Waals surface area contributed by atoms with E-state index < -0.39 is 0 Å². The monoisotopic (exact) mass is 240 g/mol. The van der Waals surface area contributed by atoms with Crippen molar-refractivity contribution < 1.29 is 4.79 Å². The van der Waals surface area contributed by atoms with Crippen LogP contribution in [0.2, 0.25) is 0 Å². The van der Waals surface area contributed by atoms with E-state index in [4.69, 9.17) is 5.73 Å². The summed E-state index contributed by atoms with van der Waals surface area (Å²) in [7, 11) is 0. The Morgan fingerprint density at radius 3 is 2.18 bits per heavy atom. The molecule has 0 aliphatic heterocycles. The van der Waals surface area contributed by atoms with E-state index in [1.54, 1.807) is 0 Å². The summed E-state index contributed by atoms with van der Waals surface area (Å²) in [5.41, 5.74) is 5.45. The van der Waals surface area contributed by atoms with Gasteiger partial charge in [-0.2, -0.15) is 0 Å². The van der Waals surface area contributed by atoms with Gasteiger partial charge < -0.3 is 11.1 Å². The Labute approximate surface area is 106 Å². The predicted molar refractivity (Wildman–Crippen MR) is 71.6 cm³/mol. The van der Waals surface area contributed by atoms with Crippen LogP contribution in [-0.4, -0.2) is 18.5 Å². The highest BCUT2D eigenvalue weighted by Crippen LogP contribution is 2.28. The van der Waals surface area contributed by atoms with Crippen LogP contribution in [0.4, 0.5) is 0 Å². The van der Waals surface area contributed by atoms with Gasteiger partial charge in [0, 0.05) is 12.6 Å². The first-order valence-corrected chi connectivity index (χ1v) is 7.09. The molecule has 1 aliphatic carbocycles. The van der Waals surface area contributed by atoms with Gasteiger partial charge in [0.25, 0.3) is 0 Å². The van der Waals surface area contributed by atoms with E-state index in [1.165, 1.54) is 12.8 Å². The summed E-state index contributed by atoms with van der Waals surface area (Å²) < 4.78 is 0. The second-order valence-corrected chi connectivity index (χ2v) is 5.62. The summed E-state index contributed by atoms with van der Waals surface area (Å²) in [6, 6.07) is 0.378. The van der Waals surface area contributed by atoms with E-state index in [2.05, 4.69) is 26.1 Å². The number of nitrogens with two attached hydrogens (primary N) is 1. The molecule has 0 atom stereocenters. The highest BCUT2D eigenvalue weighted by atomic mass is 16.2. The van der Waals surface area contributed by atoms with Crippen molar-refractivity contribution in [2.75, 3.05) is 6.54 Å². The minimum atomic E-state index is -0.344. The van der Waals surface area contributed by atoms with Crippen LogP contribution in [0.3, 0.4) is 0 Å². The number of nitrogens with one attached hydrogen (secondary N) is 1. The Kier molecular flexibility index (Phi) is 5.44. The molecule has 0 radical (unpaired) electrons. The Bertz CT molecular complexity index is 232. The van der Waals surface area contributed by atoms with Crippen molar-refractivity contribution in [2.45, 2.75) is 65.3 Å². The minimum Gasteiger partial charge on any atom is -0.353 e. The van der Waals surface area contributed by atoms with Crippen molar-refractivity contribution >= 4 is 5.91 Å². The number of carbonyl (C=O) groups excluding carboxylic acids is 1. The average molecular weight is 240 g/mol. The van der Waals surface area contributed by atoms with Gasteiger partial charge in [-0.3, -0.25) is 4.79 Å². The molecular formula is C14H28N2O. The van der Waals surface area contributed by atoms with Gasteiger partial charge >= 0.3 is 0 Å². The molecule has 0 aromatic carbocycles. The molecule has 0 heterocycles. The van der Waals surface area contributed by atoms with Crippen LogP contribution in [0.25, 0.3) is 0 Å². The topological polar surface area (TPSA) is 55.1 Å². The first-order chi connectivity index (χ1) is 8.07. The van der Waals surface area contributed by atoms with Gasteiger partial charge in [-0.15, -0.1) is 0 Å². The van der Waals surface area contributed by atoms with Gasteiger partial charge in [-0.05, 0) is 44.4 Å². The summed E-state index contributed by atoms with van der Waals surface area (Å²) in [4.78, 5) is 12.3. The van der Waals surface area contributed by atoms with Gasteiger partial charge in [0.2, 0.25) is 5.91 Å². The third kappa shape index (κ3) is 3.44. The van der Waals surface area contributed by atoms with Crippen molar-refractivity contribution in [3.8, 4) is 0 Å². The van der Waals surface area contributed by atoms with E-state index in [1.807, 2.05) is 0 Å². The molecule has 0 bridgehead atoms. The second kappa shape index (κ2) is 6.39. The van der Waals surface area contributed by atoms with Crippen LogP contribution in [0.15, 0.2) is 0 Å². The third-order valence-electron chi connectivity index (χ3n) is 4.58. The molecule has 0 saturated heterocycles. The summed E-state index contributed by atoms with van der Waals surface area (Å²) in [6.45, 7) is 6.85. The molecule has 3 N–H and O–H groups in total. The van der Waals surface area contributed by atoms with E-state index in [0.29, 0.717) is 12.6 Å². The molecule has 0 aromatic rings. The standard InChI is InChI=1S/C14H28N2O/c1-4-14(5-2,10-15)13(17)16-12-8-6-11(3)7-9-12/h11-12H,4-10,15H2,1-3H3,(H,16,17). The Morgan fingerprint density at radius 1 is 1.24 bits per heavy atom. The van der Waals surface area contributed by atoms with Crippen molar-refractivity contribution in [3.05, 3.63) is 0 Å². The molecule has 0 spiro atoms. The van der Waals surface area contributed by atoms with Gasteiger partial charge in [-0.1, -0.05) is 20.8 Å². The number of hydrogen-bond donors (Lipinski definition) is 2. The Hall–Kier alpha value is -0.570. The van der Waals surface area contributed by atoms with Crippen molar-refractivity contribution in [3.63, 3.8) is 0 Å². The van der Waals surface area contributed by atoms with Crippen LogP contribution in [0.1, 0.15) is 59.3 Å². The lowest BCUT2D eigenvalue weighted by atomic mass is 9.80. The number of rotatable bonds is 5. The molecule has 0 unspecified atom stereocenters. The fourth-order valence-corrected chi connectivity index (χ4v) is 2.70. The molecule has 100 valence electrons. The zero-order valence-corrected chi connectivity index (χ0v) is 11.6. The van der Waals surface area contributed by atoms with Gasteiger partial charge in [0.15, 0.2) is 0 Å². The number of amides is 1. The lowest BCUT2D eigenvalue weighted by Crippen LogP contribution is -2.49. The molecule has 3 heteroatoms. The lowest BCUT2D eigenvalue weighted by Gasteiger charge is -2.33. The summed E-state index contributed by atoms with van der Waals surface area (Å²) in [5.74, 6) is 0.990. The Morgan fingerprint density at radius 2 is 1.76 bits per heavy atom. The van der Waals surface area contributed by atoms with E-state index >= 15 is 0 Å². The maximum absolute atomic E-state index is 12.3. The quantitative estimate of drug-likeness (QED) is 0.775. The molecule has 1 rings (SSSR count). The van der Waals surface area contributed by atoms with Crippen LogP contribution in [-0.2, 0) is 4.79 Å². The highest BCUT2D eigenvalue weighted by Gasteiger charge is 2.34. The van der Waals surface area contributed by atoms with Gasteiger partial charge in [0.05, 0.1) is 5.41 Å². The Balaban J connectivity index is 2.52. The smallest absolute Gasteiger partial charge is 0.227 e. The third-order valence-corrected chi connectivity index (χ3v) is 4.58. The van der Waals surface area contributed by atoms with Crippen LogP contribution in [0.5, 0.6) is 0 Å². The fourth-order valence-electron chi connectivity index (χ4n) is 2.70. The predicted octanol–water partition coefficient (Wildman–Crippen LogP) is 2.45. The molecule has 1 saturated carbocycles. The fraction of sp³-hybridized carbons (Fsp3) is 0.929. The largest absolute Gasteiger partial charge is 0.353 e. The molecule has 3 nitrogen and oxygen atoms in total. The lowest BCUT2D eigenvalue weighted by molar-refractivity contribution is -0.132. The first kappa shape index (κ1) is 14.5. The summed E-state index contributed by atoms with van der Waals surface area (Å²) in [5, 5.41) is 3.21. The second-order valence-electron chi connectivity index (χ2n) is 5.62. The van der Waals surface area contributed by atoms with E-state index in [-0.39, 0.29) is 11.3 Å². The maximum atomic E-state index is 12.3. The molecule has 0 aromatic heterocycles. The van der Waals surface area contributed by atoms with Crippen molar-refractivity contribution in [2.24, 2.45) is 17.1 Å². The van der Waals surface area contributed by atoms with Crippen molar-refractivity contribution in [1.29, 1.82) is 0 Å². The van der Waals surface area contributed by atoms with Gasteiger partial charge in [0.1, 0.15) is 0 Å². The molecule has 1 fully saturated rings. The van der Waals surface area contributed by atoms with Crippen LogP contribution < -0.4 is 11.1 Å². The summed E-state index contributed by atoms with van der Waals surface area (Å²) >= 11 is 0. The SMILES string of the molecule is CCC(CC)(CN)C(=O)NC1CCC(C)CC1. The maximum Gasteiger partial charge on any atom is 0.227 e. The normalized spacial score (nSPS) is 25.6. The zero-order chi connectivity index (χ0) is 12.9. The summed E-state index contributed by atoms with van der Waals surface area (Å²) in [6.07, 6.45) is 6.38. The van der Waals surface area contributed by atoms with E-state index in [0.717, 1.165) is 31.6 Å². The molecule has 17 heavy (non-hydrogen) atoms. The number of hydrogen-bond acceptors (Lipinski definition) is 2. The van der Waals surface area contributed by atoms with E-state index in [9.17, 15) is 4.79 Å². The molecule has 1 amide bonds. The minimum absolute atomic E-state index is 0.171. The van der Waals surface area contributed by atoms with Crippen LogP contribution in [0, 0.1) is 11.3 Å². The van der Waals surface area contributed by atoms with Crippen LogP contribution >= 0.6 is 0 Å². The number of carbonyl (C=O) groups is 1. The van der Waals surface area contributed by atoms with Crippen molar-refractivity contribution in [1.82, 2.24) is 5.32 Å². The highest BCUT2D eigenvalue weighted by molar-refractivity contribution is 5.83. The first-order valence-electron chi connectivity index (χ1n) is 7.09. The zero-order valence-electron chi connectivity index (χ0n) is 11.6.